The van der Waals surface area contributed by atoms with Crippen LogP contribution >= 0.6 is 11.6 Å². The first kappa shape index (κ1) is 21.2. The van der Waals surface area contributed by atoms with E-state index in [0.717, 1.165) is 27.7 Å². The standard InChI is InChI=1S/C23H20ClF4N/c1-15-5-3-4-6-17(15)12-18-7-9-20(13-21(18)24)29(14-23(26,27)28)22-10-8-19(25)11-16(22)2/h3-11,13H,12,14H2,1-2H3. The number of benzene rings is 3. The summed E-state index contributed by atoms with van der Waals surface area (Å²) in [5.74, 6) is -0.496. The molecule has 0 atom stereocenters. The van der Waals surface area contributed by atoms with Crippen LogP contribution in [-0.4, -0.2) is 12.7 Å². The molecule has 0 saturated carbocycles. The number of anilines is 2. The smallest absolute Gasteiger partial charge is 0.332 e. The van der Waals surface area contributed by atoms with Gasteiger partial charge >= 0.3 is 6.18 Å². The monoisotopic (exact) mass is 421 g/mol. The third kappa shape index (κ3) is 5.30. The first-order valence-corrected chi connectivity index (χ1v) is 9.45. The van der Waals surface area contributed by atoms with Gasteiger partial charge in [0.25, 0.3) is 0 Å². The van der Waals surface area contributed by atoms with Gasteiger partial charge < -0.3 is 4.90 Å². The molecule has 0 unspecified atom stereocenters. The van der Waals surface area contributed by atoms with Gasteiger partial charge in [-0.3, -0.25) is 0 Å². The molecule has 3 aromatic carbocycles. The minimum atomic E-state index is -4.44. The van der Waals surface area contributed by atoms with Crippen LogP contribution < -0.4 is 4.90 Å². The fraction of sp³-hybridized carbons (Fsp3) is 0.217. The van der Waals surface area contributed by atoms with Gasteiger partial charge in [0, 0.05) is 16.4 Å². The third-order valence-electron chi connectivity index (χ3n) is 4.78. The van der Waals surface area contributed by atoms with Gasteiger partial charge in [0.05, 0.1) is 0 Å². The third-order valence-corrected chi connectivity index (χ3v) is 5.13. The molecule has 6 heteroatoms. The molecule has 3 rings (SSSR count). The molecule has 1 nitrogen and oxygen atoms in total. The van der Waals surface area contributed by atoms with Crippen LogP contribution in [0.15, 0.2) is 60.7 Å². The molecule has 0 radical (unpaired) electrons. The van der Waals surface area contributed by atoms with E-state index >= 15 is 0 Å². The van der Waals surface area contributed by atoms with E-state index in [1.807, 2.05) is 31.2 Å². The van der Waals surface area contributed by atoms with Gasteiger partial charge in [0.2, 0.25) is 0 Å². The van der Waals surface area contributed by atoms with Gasteiger partial charge in [-0.15, -0.1) is 0 Å². The number of alkyl halides is 3. The Morgan fingerprint density at radius 1 is 0.862 bits per heavy atom. The van der Waals surface area contributed by atoms with Crippen molar-refractivity contribution in [3.63, 3.8) is 0 Å². The molecule has 152 valence electrons. The SMILES string of the molecule is Cc1ccccc1Cc1ccc(N(CC(F)(F)F)c2ccc(F)cc2C)cc1Cl. The van der Waals surface area contributed by atoms with Crippen molar-refractivity contribution >= 4 is 23.0 Å². The van der Waals surface area contributed by atoms with Crippen molar-refractivity contribution in [1.29, 1.82) is 0 Å². The predicted octanol–water partition coefficient (Wildman–Crippen LogP) is 7.39. The molecule has 0 heterocycles. The zero-order chi connectivity index (χ0) is 21.2. The van der Waals surface area contributed by atoms with E-state index in [1.54, 1.807) is 19.1 Å². The highest BCUT2D eigenvalue weighted by atomic mass is 35.5. The molecule has 0 aliphatic rings. The summed E-state index contributed by atoms with van der Waals surface area (Å²) < 4.78 is 53.2. The van der Waals surface area contributed by atoms with E-state index < -0.39 is 18.5 Å². The molecular formula is C23H20ClF4N. The van der Waals surface area contributed by atoms with E-state index in [4.69, 9.17) is 11.6 Å². The van der Waals surface area contributed by atoms with Crippen LogP contribution in [0, 0.1) is 19.7 Å². The van der Waals surface area contributed by atoms with Gasteiger partial charge in [-0.2, -0.15) is 13.2 Å². The van der Waals surface area contributed by atoms with E-state index in [9.17, 15) is 17.6 Å². The number of hydrogen-bond acceptors (Lipinski definition) is 1. The Morgan fingerprint density at radius 3 is 2.21 bits per heavy atom. The highest BCUT2D eigenvalue weighted by Gasteiger charge is 2.32. The second kappa shape index (κ2) is 8.46. The number of halogens is 5. The summed E-state index contributed by atoms with van der Waals surface area (Å²) in [5, 5.41) is 0.387. The Hall–Kier alpha value is -2.53. The van der Waals surface area contributed by atoms with E-state index in [2.05, 4.69) is 0 Å². The first-order chi connectivity index (χ1) is 13.6. The fourth-order valence-electron chi connectivity index (χ4n) is 3.28. The second-order valence-corrected chi connectivity index (χ2v) is 7.42. The summed E-state index contributed by atoms with van der Waals surface area (Å²) in [4.78, 5) is 1.11. The van der Waals surface area contributed by atoms with Gasteiger partial charge in [-0.05, 0) is 72.9 Å². The molecule has 3 aromatic rings. The maximum Gasteiger partial charge on any atom is 0.406 e. The average molecular weight is 422 g/mol. The molecule has 0 amide bonds. The van der Waals surface area contributed by atoms with Crippen LogP contribution in [0.25, 0.3) is 0 Å². The Balaban J connectivity index is 1.98. The number of nitrogens with zero attached hydrogens (tertiary/aromatic N) is 1. The lowest BCUT2D eigenvalue weighted by Crippen LogP contribution is -2.31. The van der Waals surface area contributed by atoms with Crippen LogP contribution in [0.5, 0.6) is 0 Å². The van der Waals surface area contributed by atoms with Crippen molar-refractivity contribution in [2.75, 3.05) is 11.4 Å². The quantitative estimate of drug-likeness (QED) is 0.388. The highest BCUT2D eigenvalue weighted by Crippen LogP contribution is 2.35. The van der Waals surface area contributed by atoms with Crippen LogP contribution in [-0.2, 0) is 6.42 Å². The summed E-state index contributed by atoms with van der Waals surface area (Å²) in [7, 11) is 0. The maximum atomic E-state index is 13.4. The Labute approximate surface area is 172 Å². The molecule has 0 aromatic heterocycles. The van der Waals surface area contributed by atoms with Crippen LogP contribution in [0.2, 0.25) is 5.02 Å². The summed E-state index contributed by atoms with van der Waals surface area (Å²) in [6.07, 6.45) is -3.85. The molecule has 0 bridgehead atoms. The minimum absolute atomic E-state index is 0.284. The molecule has 0 aliphatic carbocycles. The van der Waals surface area contributed by atoms with Crippen molar-refractivity contribution in [2.45, 2.75) is 26.4 Å². The Morgan fingerprint density at radius 2 is 1.59 bits per heavy atom. The van der Waals surface area contributed by atoms with Crippen LogP contribution in [0.4, 0.5) is 28.9 Å². The molecule has 0 aliphatic heterocycles. The largest absolute Gasteiger partial charge is 0.406 e. The summed E-state index contributed by atoms with van der Waals surface area (Å²) in [5.41, 5.74) is 4.04. The molecule has 0 fully saturated rings. The minimum Gasteiger partial charge on any atom is -0.332 e. The number of aryl methyl sites for hydroxylation is 2. The molecule has 0 N–H and O–H groups in total. The molecule has 29 heavy (non-hydrogen) atoms. The van der Waals surface area contributed by atoms with Gasteiger partial charge in [-0.25, -0.2) is 4.39 Å². The van der Waals surface area contributed by atoms with Crippen LogP contribution in [0.3, 0.4) is 0 Å². The van der Waals surface area contributed by atoms with Gasteiger partial charge in [0.15, 0.2) is 0 Å². The van der Waals surface area contributed by atoms with Gasteiger partial charge in [-0.1, -0.05) is 41.9 Å². The first-order valence-electron chi connectivity index (χ1n) is 9.07. The second-order valence-electron chi connectivity index (χ2n) is 7.01. The zero-order valence-electron chi connectivity index (χ0n) is 16.0. The lowest BCUT2D eigenvalue weighted by Gasteiger charge is -2.28. The fourth-order valence-corrected chi connectivity index (χ4v) is 3.52. The maximum absolute atomic E-state index is 13.4. The van der Waals surface area contributed by atoms with Crippen molar-refractivity contribution in [2.24, 2.45) is 0 Å². The number of rotatable bonds is 5. The number of hydrogen-bond donors (Lipinski definition) is 0. The van der Waals surface area contributed by atoms with Crippen molar-refractivity contribution in [1.82, 2.24) is 0 Å². The van der Waals surface area contributed by atoms with E-state index in [-0.39, 0.29) is 5.69 Å². The molecular weight excluding hydrogens is 402 g/mol. The molecule has 0 saturated heterocycles. The summed E-state index contributed by atoms with van der Waals surface area (Å²) >= 11 is 6.43. The topological polar surface area (TPSA) is 3.24 Å². The van der Waals surface area contributed by atoms with Crippen molar-refractivity contribution < 1.29 is 17.6 Å². The average Bonchev–Trinajstić information content (AvgIpc) is 2.63. The molecule has 0 spiro atoms. The lowest BCUT2D eigenvalue weighted by atomic mass is 10.00. The highest BCUT2D eigenvalue weighted by molar-refractivity contribution is 6.31. The summed E-state index contributed by atoms with van der Waals surface area (Å²) in [6.45, 7) is 2.38. The van der Waals surface area contributed by atoms with Crippen molar-refractivity contribution in [3.8, 4) is 0 Å². The van der Waals surface area contributed by atoms with Crippen molar-refractivity contribution in [3.05, 3.63) is 93.8 Å². The van der Waals surface area contributed by atoms with E-state index in [0.29, 0.717) is 22.7 Å². The zero-order valence-corrected chi connectivity index (χ0v) is 16.8. The Kier molecular flexibility index (Phi) is 6.18. The Bertz CT molecular complexity index is 1010. The van der Waals surface area contributed by atoms with Crippen LogP contribution in [0.1, 0.15) is 22.3 Å². The lowest BCUT2D eigenvalue weighted by molar-refractivity contribution is -0.118. The van der Waals surface area contributed by atoms with Gasteiger partial charge in [0.1, 0.15) is 12.4 Å². The van der Waals surface area contributed by atoms with E-state index in [1.165, 1.54) is 18.2 Å². The predicted molar refractivity (Wildman–Crippen MR) is 110 cm³/mol. The normalized spacial score (nSPS) is 11.6. The summed E-state index contributed by atoms with van der Waals surface area (Å²) in [6, 6.07) is 16.5.